The lowest BCUT2D eigenvalue weighted by Crippen LogP contribution is -2.22. The van der Waals surface area contributed by atoms with Crippen molar-refractivity contribution in [2.45, 2.75) is 19.6 Å². The van der Waals surface area contributed by atoms with Gasteiger partial charge in [-0.1, -0.05) is 18.2 Å². The first-order valence-electron chi connectivity index (χ1n) is 9.17. The molecule has 0 aliphatic carbocycles. The lowest BCUT2D eigenvalue weighted by Gasteiger charge is -2.24. The molecule has 1 aromatic heterocycles. The van der Waals surface area contributed by atoms with Gasteiger partial charge in [0.25, 0.3) is 0 Å². The van der Waals surface area contributed by atoms with Gasteiger partial charge in [-0.25, -0.2) is 0 Å². The van der Waals surface area contributed by atoms with Crippen LogP contribution in [0, 0.1) is 0 Å². The molecule has 0 spiro atoms. The van der Waals surface area contributed by atoms with Crippen LogP contribution < -0.4 is 14.2 Å². The van der Waals surface area contributed by atoms with Gasteiger partial charge in [0.1, 0.15) is 17.2 Å². The maximum atomic E-state index is 5.59. The van der Waals surface area contributed by atoms with E-state index in [0.29, 0.717) is 0 Å². The van der Waals surface area contributed by atoms with Crippen LogP contribution in [0.2, 0.25) is 0 Å². The smallest absolute Gasteiger partial charge is 0.127 e. The van der Waals surface area contributed by atoms with Gasteiger partial charge in [0, 0.05) is 43.7 Å². The summed E-state index contributed by atoms with van der Waals surface area (Å²) in [5.41, 5.74) is 3.56. The van der Waals surface area contributed by atoms with E-state index in [1.54, 1.807) is 21.3 Å². The lowest BCUT2D eigenvalue weighted by atomic mass is 10.1. The number of benzene rings is 2. The minimum atomic E-state index is 0.752. The van der Waals surface area contributed by atoms with E-state index in [4.69, 9.17) is 14.2 Å². The van der Waals surface area contributed by atoms with E-state index in [1.165, 1.54) is 11.1 Å². The summed E-state index contributed by atoms with van der Waals surface area (Å²) >= 11 is 0. The third kappa shape index (κ3) is 5.24. The molecular weight excluding hydrogens is 352 g/mol. The molecule has 0 radical (unpaired) electrons. The zero-order chi connectivity index (χ0) is 19.8. The minimum Gasteiger partial charge on any atom is -0.497 e. The van der Waals surface area contributed by atoms with Crippen molar-refractivity contribution < 1.29 is 14.2 Å². The van der Waals surface area contributed by atoms with Gasteiger partial charge in [-0.05, 0) is 41.5 Å². The third-order valence-corrected chi connectivity index (χ3v) is 4.61. The molecule has 0 atom stereocenters. The monoisotopic (exact) mass is 378 g/mol. The van der Waals surface area contributed by atoms with Gasteiger partial charge in [0.05, 0.1) is 21.3 Å². The number of rotatable bonds is 9. The Kier molecular flexibility index (Phi) is 6.87. The molecule has 3 aromatic rings. The van der Waals surface area contributed by atoms with E-state index < -0.39 is 0 Å². The van der Waals surface area contributed by atoms with Crippen molar-refractivity contribution in [1.29, 1.82) is 0 Å². The van der Waals surface area contributed by atoms with Crippen LogP contribution in [0.3, 0.4) is 0 Å². The molecule has 0 N–H and O–H groups in total. The Morgan fingerprint density at radius 2 is 1.29 bits per heavy atom. The van der Waals surface area contributed by atoms with Crippen molar-refractivity contribution in [3.8, 4) is 17.2 Å². The molecule has 0 aliphatic rings. The number of hydrogen-bond acceptors (Lipinski definition) is 5. The molecule has 0 bridgehead atoms. The molecular formula is C23H26N2O3. The Bertz CT molecular complexity index is 867. The zero-order valence-corrected chi connectivity index (χ0v) is 16.6. The van der Waals surface area contributed by atoms with E-state index in [9.17, 15) is 0 Å². The first kappa shape index (κ1) is 19.7. The second kappa shape index (κ2) is 9.76. The van der Waals surface area contributed by atoms with Crippen LogP contribution in [-0.4, -0.2) is 31.2 Å². The summed E-state index contributed by atoms with van der Waals surface area (Å²) in [5, 5.41) is 0. The Hall–Kier alpha value is -3.05. The molecule has 0 aliphatic heterocycles. The number of aromatic nitrogens is 1. The molecule has 1 heterocycles. The maximum absolute atomic E-state index is 5.59. The topological polar surface area (TPSA) is 43.8 Å². The SMILES string of the molecule is COc1ccc(CN(Cc2ccncc2)Cc2ccc(OC)cc2OC)cc1. The molecule has 0 saturated heterocycles. The molecule has 0 amide bonds. The summed E-state index contributed by atoms with van der Waals surface area (Å²) < 4.78 is 16.2. The summed E-state index contributed by atoms with van der Waals surface area (Å²) in [5.74, 6) is 2.48. The number of methoxy groups -OCH3 is 3. The highest BCUT2D eigenvalue weighted by atomic mass is 16.5. The third-order valence-electron chi connectivity index (χ3n) is 4.61. The normalized spacial score (nSPS) is 10.7. The minimum absolute atomic E-state index is 0.752. The molecule has 0 unspecified atom stereocenters. The highest BCUT2D eigenvalue weighted by Crippen LogP contribution is 2.27. The summed E-state index contributed by atoms with van der Waals surface area (Å²) in [6, 6.07) is 18.2. The van der Waals surface area contributed by atoms with Gasteiger partial charge in [-0.3, -0.25) is 9.88 Å². The van der Waals surface area contributed by atoms with Crippen molar-refractivity contribution in [2.75, 3.05) is 21.3 Å². The van der Waals surface area contributed by atoms with E-state index in [2.05, 4.69) is 28.1 Å². The fourth-order valence-corrected chi connectivity index (χ4v) is 3.13. The van der Waals surface area contributed by atoms with Crippen LogP contribution in [-0.2, 0) is 19.6 Å². The molecule has 5 nitrogen and oxygen atoms in total. The predicted octanol–water partition coefficient (Wildman–Crippen LogP) is 4.31. The highest BCUT2D eigenvalue weighted by molar-refractivity contribution is 5.40. The van der Waals surface area contributed by atoms with E-state index in [0.717, 1.165) is 42.4 Å². The number of ether oxygens (including phenoxy) is 3. The average molecular weight is 378 g/mol. The second-order valence-corrected chi connectivity index (χ2v) is 6.53. The molecule has 0 fully saturated rings. The fraction of sp³-hybridized carbons (Fsp3) is 0.261. The van der Waals surface area contributed by atoms with Crippen molar-refractivity contribution in [3.05, 3.63) is 83.7 Å². The Labute approximate surface area is 166 Å². The molecule has 28 heavy (non-hydrogen) atoms. The van der Waals surface area contributed by atoms with E-state index in [-0.39, 0.29) is 0 Å². The number of pyridine rings is 1. The Balaban J connectivity index is 1.83. The van der Waals surface area contributed by atoms with Gasteiger partial charge < -0.3 is 14.2 Å². The molecule has 2 aromatic carbocycles. The second-order valence-electron chi connectivity index (χ2n) is 6.53. The predicted molar refractivity (Wildman–Crippen MR) is 110 cm³/mol. The van der Waals surface area contributed by atoms with Crippen molar-refractivity contribution in [1.82, 2.24) is 9.88 Å². The van der Waals surface area contributed by atoms with E-state index >= 15 is 0 Å². The van der Waals surface area contributed by atoms with Crippen LogP contribution in [0.5, 0.6) is 17.2 Å². The summed E-state index contributed by atoms with van der Waals surface area (Å²) in [6.45, 7) is 2.37. The van der Waals surface area contributed by atoms with Gasteiger partial charge >= 0.3 is 0 Å². The van der Waals surface area contributed by atoms with Gasteiger partial charge in [-0.15, -0.1) is 0 Å². The van der Waals surface area contributed by atoms with Crippen LogP contribution in [0.4, 0.5) is 0 Å². The van der Waals surface area contributed by atoms with Crippen molar-refractivity contribution >= 4 is 0 Å². The quantitative estimate of drug-likeness (QED) is 0.555. The van der Waals surface area contributed by atoms with Gasteiger partial charge in [-0.2, -0.15) is 0 Å². The number of nitrogens with zero attached hydrogens (tertiary/aromatic N) is 2. The molecule has 5 heteroatoms. The molecule has 3 rings (SSSR count). The van der Waals surface area contributed by atoms with Crippen molar-refractivity contribution in [2.24, 2.45) is 0 Å². The van der Waals surface area contributed by atoms with Gasteiger partial charge in [0.15, 0.2) is 0 Å². The Morgan fingerprint density at radius 3 is 1.89 bits per heavy atom. The molecule has 146 valence electrons. The maximum Gasteiger partial charge on any atom is 0.127 e. The number of hydrogen-bond donors (Lipinski definition) is 0. The average Bonchev–Trinajstić information content (AvgIpc) is 2.75. The first-order chi connectivity index (χ1) is 13.7. The fourth-order valence-electron chi connectivity index (χ4n) is 3.13. The molecule has 0 saturated carbocycles. The van der Waals surface area contributed by atoms with Crippen LogP contribution in [0.1, 0.15) is 16.7 Å². The lowest BCUT2D eigenvalue weighted by molar-refractivity contribution is 0.243. The van der Waals surface area contributed by atoms with E-state index in [1.807, 2.05) is 48.8 Å². The standard InChI is InChI=1S/C23H26N2O3/c1-26-21-7-4-18(5-8-21)15-25(16-19-10-12-24-13-11-19)17-20-6-9-22(27-2)14-23(20)28-3/h4-14H,15-17H2,1-3H3. The van der Waals surface area contributed by atoms with Crippen LogP contribution >= 0.6 is 0 Å². The van der Waals surface area contributed by atoms with Crippen LogP contribution in [0.15, 0.2) is 67.0 Å². The summed E-state index contributed by atoms with van der Waals surface area (Å²) in [4.78, 5) is 6.50. The van der Waals surface area contributed by atoms with Gasteiger partial charge in [0.2, 0.25) is 0 Å². The summed E-state index contributed by atoms with van der Waals surface area (Å²) in [7, 11) is 5.03. The highest BCUT2D eigenvalue weighted by Gasteiger charge is 2.13. The van der Waals surface area contributed by atoms with Crippen molar-refractivity contribution in [3.63, 3.8) is 0 Å². The largest absolute Gasteiger partial charge is 0.497 e. The van der Waals surface area contributed by atoms with Crippen LogP contribution in [0.25, 0.3) is 0 Å². The Morgan fingerprint density at radius 1 is 0.679 bits per heavy atom. The summed E-state index contributed by atoms with van der Waals surface area (Å²) in [6.07, 6.45) is 3.66. The first-order valence-corrected chi connectivity index (χ1v) is 9.17. The zero-order valence-electron chi connectivity index (χ0n) is 16.6.